The molecule has 2 amide bonds. The molecule has 0 spiro atoms. The Bertz CT molecular complexity index is 1090. The molecule has 2 aromatic carbocycles. The fourth-order valence-electron chi connectivity index (χ4n) is 3.48. The summed E-state index contributed by atoms with van der Waals surface area (Å²) in [6.45, 7) is 1.01. The molecule has 1 fully saturated rings. The number of hydrogen-bond acceptors (Lipinski definition) is 5. The van der Waals surface area contributed by atoms with E-state index in [0.717, 1.165) is 12.8 Å². The van der Waals surface area contributed by atoms with Crippen LogP contribution in [0.3, 0.4) is 0 Å². The van der Waals surface area contributed by atoms with Crippen molar-refractivity contribution in [2.75, 3.05) is 24.4 Å². The molecule has 3 aromatic rings. The van der Waals surface area contributed by atoms with Crippen LogP contribution in [0, 0.1) is 0 Å². The average molecular weight is 394 g/mol. The molecule has 1 aromatic heterocycles. The molecule has 2 N–H and O–H groups in total. The molecule has 29 heavy (non-hydrogen) atoms. The second kappa shape index (κ2) is 8.32. The van der Waals surface area contributed by atoms with Crippen molar-refractivity contribution in [2.45, 2.75) is 25.5 Å². The largest absolute Gasteiger partial charge is 0.495 e. The number of ether oxygens (including phenoxy) is 2. The second-order valence-electron chi connectivity index (χ2n) is 6.79. The quantitative estimate of drug-likeness (QED) is 0.693. The van der Waals surface area contributed by atoms with E-state index in [1.54, 1.807) is 30.3 Å². The molecule has 4 rings (SSSR count). The lowest BCUT2D eigenvalue weighted by molar-refractivity contribution is 0.0964. The molecule has 1 saturated heterocycles. The summed E-state index contributed by atoms with van der Waals surface area (Å²) in [4.78, 5) is 29.6. The zero-order valence-corrected chi connectivity index (χ0v) is 16.1. The predicted molar refractivity (Wildman–Crippen MR) is 111 cm³/mol. The first-order valence-corrected chi connectivity index (χ1v) is 9.48. The lowest BCUT2D eigenvalue weighted by atomic mass is 10.2. The van der Waals surface area contributed by atoms with Crippen LogP contribution in [-0.2, 0) is 11.3 Å². The maximum Gasteiger partial charge on any atom is 0.349 e. The first-order chi connectivity index (χ1) is 14.2. The van der Waals surface area contributed by atoms with Crippen LogP contribution in [0.5, 0.6) is 5.75 Å². The monoisotopic (exact) mass is 394 g/mol. The van der Waals surface area contributed by atoms with E-state index in [0.29, 0.717) is 41.3 Å². The Morgan fingerprint density at radius 2 is 2.00 bits per heavy atom. The highest BCUT2D eigenvalue weighted by Crippen LogP contribution is 2.25. The number of anilines is 2. The number of nitrogens with one attached hydrogen (secondary N) is 2. The summed E-state index contributed by atoms with van der Waals surface area (Å²) in [7, 11) is 1.54. The van der Waals surface area contributed by atoms with Gasteiger partial charge in [0, 0.05) is 12.0 Å². The summed E-state index contributed by atoms with van der Waals surface area (Å²) < 4.78 is 12.4. The number of urea groups is 1. The molecular weight excluding hydrogens is 372 g/mol. The van der Waals surface area contributed by atoms with Crippen LogP contribution >= 0.6 is 0 Å². The molecule has 0 unspecified atom stereocenters. The average Bonchev–Trinajstić information content (AvgIpc) is 3.24. The minimum absolute atomic E-state index is 0.0755. The first kappa shape index (κ1) is 18.9. The van der Waals surface area contributed by atoms with Crippen molar-refractivity contribution < 1.29 is 14.3 Å². The van der Waals surface area contributed by atoms with Gasteiger partial charge in [0.05, 0.1) is 31.0 Å². The Balaban J connectivity index is 1.68. The maximum atomic E-state index is 12.7. The molecule has 0 aliphatic carbocycles. The van der Waals surface area contributed by atoms with E-state index >= 15 is 0 Å². The Labute approximate surface area is 167 Å². The van der Waals surface area contributed by atoms with E-state index in [9.17, 15) is 9.59 Å². The van der Waals surface area contributed by atoms with Crippen molar-refractivity contribution in [3.05, 3.63) is 59.0 Å². The molecule has 0 radical (unpaired) electrons. The van der Waals surface area contributed by atoms with Crippen LogP contribution in [0.15, 0.2) is 53.3 Å². The normalized spacial score (nSPS) is 16.0. The van der Waals surface area contributed by atoms with Gasteiger partial charge in [-0.25, -0.2) is 9.59 Å². The highest BCUT2D eigenvalue weighted by molar-refractivity contribution is 6.04. The number of carbonyl (C=O) groups is 1. The second-order valence-corrected chi connectivity index (χ2v) is 6.79. The van der Waals surface area contributed by atoms with Gasteiger partial charge in [-0.2, -0.15) is 4.98 Å². The van der Waals surface area contributed by atoms with Crippen molar-refractivity contribution in [3.63, 3.8) is 0 Å². The Morgan fingerprint density at radius 1 is 1.21 bits per heavy atom. The highest BCUT2D eigenvalue weighted by Gasteiger charge is 2.21. The van der Waals surface area contributed by atoms with Crippen molar-refractivity contribution in [1.82, 2.24) is 9.55 Å². The molecule has 150 valence electrons. The number of aromatic nitrogens is 2. The SMILES string of the molecule is COc1ccccc1NC(=O)Nc1c2ccccc2nc(=O)n1C[C@H]1CCCO1. The Hall–Kier alpha value is -3.39. The number of hydrogen-bond donors (Lipinski definition) is 2. The van der Waals surface area contributed by atoms with Gasteiger partial charge < -0.3 is 14.8 Å². The summed E-state index contributed by atoms with van der Waals surface area (Å²) in [6.07, 6.45) is 1.75. The molecule has 8 nitrogen and oxygen atoms in total. The van der Waals surface area contributed by atoms with E-state index in [1.807, 2.05) is 18.2 Å². The lowest BCUT2D eigenvalue weighted by Gasteiger charge is -2.19. The fourth-order valence-corrected chi connectivity index (χ4v) is 3.48. The van der Waals surface area contributed by atoms with E-state index < -0.39 is 11.7 Å². The third-order valence-corrected chi connectivity index (χ3v) is 4.87. The molecule has 0 bridgehead atoms. The van der Waals surface area contributed by atoms with Crippen LogP contribution in [0.1, 0.15) is 12.8 Å². The van der Waals surface area contributed by atoms with Crippen LogP contribution in [0.25, 0.3) is 10.9 Å². The first-order valence-electron chi connectivity index (χ1n) is 9.48. The number of para-hydroxylation sites is 3. The van der Waals surface area contributed by atoms with Gasteiger partial charge in [0.15, 0.2) is 0 Å². The van der Waals surface area contributed by atoms with Crippen molar-refractivity contribution in [3.8, 4) is 5.75 Å². The number of methoxy groups -OCH3 is 1. The topological polar surface area (TPSA) is 94.5 Å². The molecule has 0 saturated carbocycles. The third-order valence-electron chi connectivity index (χ3n) is 4.87. The third kappa shape index (κ3) is 4.07. The van der Waals surface area contributed by atoms with Gasteiger partial charge in [-0.3, -0.25) is 9.88 Å². The summed E-state index contributed by atoms with van der Waals surface area (Å²) >= 11 is 0. The van der Waals surface area contributed by atoms with Gasteiger partial charge >= 0.3 is 11.7 Å². The summed E-state index contributed by atoms with van der Waals surface area (Å²) in [5.74, 6) is 0.933. The fraction of sp³-hybridized carbons (Fsp3) is 0.286. The molecule has 1 atom stereocenters. The molecular formula is C21H22N4O4. The molecule has 8 heteroatoms. The molecule has 2 heterocycles. The van der Waals surface area contributed by atoms with E-state index in [-0.39, 0.29) is 6.10 Å². The van der Waals surface area contributed by atoms with Crippen LogP contribution < -0.4 is 21.1 Å². The number of fused-ring (bicyclic) bond motifs is 1. The van der Waals surface area contributed by atoms with Gasteiger partial charge in [-0.05, 0) is 37.1 Å². The van der Waals surface area contributed by atoms with Crippen LogP contribution in [0.2, 0.25) is 0 Å². The number of benzene rings is 2. The predicted octanol–water partition coefficient (Wildman–Crippen LogP) is 3.23. The zero-order chi connectivity index (χ0) is 20.2. The van der Waals surface area contributed by atoms with Gasteiger partial charge in [-0.15, -0.1) is 0 Å². The smallest absolute Gasteiger partial charge is 0.349 e. The summed E-state index contributed by atoms with van der Waals surface area (Å²) in [5, 5.41) is 6.28. The van der Waals surface area contributed by atoms with Gasteiger partial charge in [0.1, 0.15) is 11.6 Å². The lowest BCUT2D eigenvalue weighted by Crippen LogP contribution is -2.33. The van der Waals surface area contributed by atoms with Crippen LogP contribution in [0.4, 0.5) is 16.3 Å². The molecule has 1 aliphatic rings. The number of rotatable bonds is 5. The van der Waals surface area contributed by atoms with Crippen LogP contribution in [-0.4, -0.2) is 35.4 Å². The van der Waals surface area contributed by atoms with Gasteiger partial charge in [-0.1, -0.05) is 24.3 Å². The standard InChI is InChI=1S/C21H22N4O4/c1-28-18-11-5-4-10-17(18)22-20(26)24-19-15-8-2-3-9-16(15)23-21(27)25(19)13-14-7-6-12-29-14/h2-5,8-11,14H,6-7,12-13H2,1H3,(H2,22,24,26)/t14-/m1/s1. The van der Waals surface area contributed by atoms with Gasteiger partial charge in [0.25, 0.3) is 0 Å². The van der Waals surface area contributed by atoms with Gasteiger partial charge in [0.2, 0.25) is 0 Å². The summed E-state index contributed by atoms with van der Waals surface area (Å²) in [6, 6.07) is 13.8. The molecule has 1 aliphatic heterocycles. The summed E-state index contributed by atoms with van der Waals surface area (Å²) in [5.41, 5.74) is 0.624. The van der Waals surface area contributed by atoms with E-state index in [2.05, 4.69) is 15.6 Å². The van der Waals surface area contributed by atoms with E-state index in [1.165, 1.54) is 11.7 Å². The maximum absolute atomic E-state index is 12.7. The minimum atomic E-state index is -0.480. The van der Waals surface area contributed by atoms with E-state index in [4.69, 9.17) is 9.47 Å². The number of amides is 2. The Morgan fingerprint density at radius 3 is 2.79 bits per heavy atom. The number of carbonyl (C=O) groups excluding carboxylic acids is 1. The minimum Gasteiger partial charge on any atom is -0.495 e. The van der Waals surface area contributed by atoms with Crippen molar-refractivity contribution >= 4 is 28.4 Å². The Kier molecular flexibility index (Phi) is 5.44. The zero-order valence-electron chi connectivity index (χ0n) is 16.1. The van der Waals surface area contributed by atoms with Crippen molar-refractivity contribution in [2.24, 2.45) is 0 Å². The van der Waals surface area contributed by atoms with Crippen molar-refractivity contribution in [1.29, 1.82) is 0 Å². The number of nitrogens with zero attached hydrogens (tertiary/aromatic N) is 2. The highest BCUT2D eigenvalue weighted by atomic mass is 16.5.